The van der Waals surface area contributed by atoms with E-state index in [4.69, 9.17) is 14.0 Å². The fraction of sp³-hybridized carbons (Fsp3) is 0.350. The molecule has 1 aliphatic heterocycles. The van der Waals surface area contributed by atoms with Crippen molar-refractivity contribution in [3.8, 4) is 34.4 Å². The van der Waals surface area contributed by atoms with Gasteiger partial charge < -0.3 is 18.6 Å². The largest absolute Gasteiger partial charge is 0.497 e. The number of benzene rings is 1. The molecule has 0 N–H and O–H groups in total. The molecule has 4 aromatic rings. The first-order chi connectivity index (χ1) is 14.8. The average molecular weight is 405 g/mol. The topological polar surface area (TPSA) is 106 Å². The second kappa shape index (κ2) is 6.49. The smallest absolute Gasteiger partial charge is 0.278 e. The number of methoxy groups -OCH3 is 2. The highest BCUT2D eigenvalue weighted by atomic mass is 16.5. The van der Waals surface area contributed by atoms with Crippen LogP contribution in [-0.2, 0) is 17.9 Å². The van der Waals surface area contributed by atoms with Crippen molar-refractivity contribution in [3.05, 3.63) is 41.9 Å². The van der Waals surface area contributed by atoms with Gasteiger partial charge in [0.2, 0.25) is 0 Å². The summed E-state index contributed by atoms with van der Waals surface area (Å²) in [4.78, 5) is 9.23. The Labute approximate surface area is 171 Å². The van der Waals surface area contributed by atoms with Gasteiger partial charge in [-0.25, -0.2) is 4.98 Å². The molecular formula is C20H19N7O3. The molecule has 3 aromatic heterocycles. The summed E-state index contributed by atoms with van der Waals surface area (Å²) in [5, 5.41) is 12.9. The van der Waals surface area contributed by atoms with Gasteiger partial charge in [-0.1, -0.05) is 5.16 Å². The summed E-state index contributed by atoms with van der Waals surface area (Å²) in [7, 11) is 3.29. The number of nitrogens with zero attached hydrogens (tertiary/aromatic N) is 7. The molecule has 1 saturated carbocycles. The van der Waals surface area contributed by atoms with Gasteiger partial charge in [-0.15, -0.1) is 10.2 Å². The molecule has 0 bridgehead atoms. The van der Waals surface area contributed by atoms with Gasteiger partial charge in [-0.3, -0.25) is 4.57 Å². The summed E-state index contributed by atoms with van der Waals surface area (Å²) in [6.45, 7) is 0.844. The Balaban J connectivity index is 1.56. The van der Waals surface area contributed by atoms with E-state index >= 15 is 0 Å². The number of aromatic nitrogens is 7. The third-order valence-electron chi connectivity index (χ3n) is 5.57. The molecule has 152 valence electrons. The number of hydrogen-bond acceptors (Lipinski definition) is 8. The van der Waals surface area contributed by atoms with Crippen LogP contribution in [-0.4, -0.2) is 48.7 Å². The van der Waals surface area contributed by atoms with Crippen molar-refractivity contribution in [2.24, 2.45) is 0 Å². The summed E-state index contributed by atoms with van der Waals surface area (Å²) in [5.41, 5.74) is 3.42. The number of fused-ring (bicyclic) bond motifs is 5. The van der Waals surface area contributed by atoms with Crippen molar-refractivity contribution in [1.29, 1.82) is 0 Å². The van der Waals surface area contributed by atoms with E-state index in [0.717, 1.165) is 53.0 Å². The van der Waals surface area contributed by atoms with Crippen LogP contribution in [0.25, 0.3) is 28.7 Å². The molecule has 1 fully saturated rings. The fourth-order valence-electron chi connectivity index (χ4n) is 3.87. The number of rotatable bonds is 5. The maximum Gasteiger partial charge on any atom is 0.278 e. The first-order valence-electron chi connectivity index (χ1n) is 9.77. The maximum absolute atomic E-state index is 5.57. The van der Waals surface area contributed by atoms with E-state index in [0.29, 0.717) is 30.7 Å². The first kappa shape index (κ1) is 17.3. The molecule has 0 atom stereocenters. The lowest BCUT2D eigenvalue weighted by Gasteiger charge is -2.10. The highest BCUT2D eigenvalue weighted by Crippen LogP contribution is 2.40. The van der Waals surface area contributed by atoms with E-state index in [2.05, 4.69) is 25.3 Å². The van der Waals surface area contributed by atoms with Crippen LogP contribution in [0.1, 0.15) is 36.1 Å². The van der Waals surface area contributed by atoms with Crippen molar-refractivity contribution in [2.75, 3.05) is 14.2 Å². The molecule has 0 spiro atoms. The second-order valence-electron chi connectivity index (χ2n) is 7.48. The summed E-state index contributed by atoms with van der Waals surface area (Å²) in [6, 6.07) is 5.87. The lowest BCUT2D eigenvalue weighted by atomic mass is 10.1. The Kier molecular flexibility index (Phi) is 3.75. The summed E-state index contributed by atoms with van der Waals surface area (Å²) in [6.07, 6.45) is 4.01. The Morgan fingerprint density at radius 1 is 1.20 bits per heavy atom. The minimum atomic E-state index is 0.349. The highest BCUT2D eigenvalue weighted by Gasteiger charge is 2.32. The summed E-state index contributed by atoms with van der Waals surface area (Å²) >= 11 is 0. The molecule has 0 unspecified atom stereocenters. The molecule has 0 radical (unpaired) electrons. The first-order valence-corrected chi connectivity index (χ1v) is 9.77. The predicted molar refractivity (Wildman–Crippen MR) is 104 cm³/mol. The van der Waals surface area contributed by atoms with Crippen LogP contribution in [0.15, 0.2) is 29.0 Å². The van der Waals surface area contributed by atoms with Gasteiger partial charge in [0, 0.05) is 18.6 Å². The highest BCUT2D eigenvalue weighted by molar-refractivity contribution is 5.72. The molecule has 30 heavy (non-hydrogen) atoms. The number of imidazole rings is 1. The van der Waals surface area contributed by atoms with E-state index in [1.807, 2.05) is 27.3 Å². The third kappa shape index (κ3) is 2.57. The SMILES string of the molecule is COCc1nnc2n1Cc1c(-c3nc(C4CC4)no3)ncn1-c1ccc(OC)cc1-2. The van der Waals surface area contributed by atoms with Crippen LogP contribution in [0.5, 0.6) is 5.75 Å². The van der Waals surface area contributed by atoms with Gasteiger partial charge in [0.25, 0.3) is 5.89 Å². The van der Waals surface area contributed by atoms with Crippen molar-refractivity contribution >= 4 is 0 Å². The Hall–Kier alpha value is -3.53. The summed E-state index contributed by atoms with van der Waals surface area (Å²) < 4.78 is 20.4. The van der Waals surface area contributed by atoms with Crippen molar-refractivity contribution in [3.63, 3.8) is 0 Å². The predicted octanol–water partition coefficient (Wildman–Crippen LogP) is 2.57. The standard InChI is InChI=1S/C20H19N7O3/c1-28-9-16-23-24-19-13-7-12(29-2)5-6-14(13)27-10-21-17(15(27)8-26(16)19)20-22-18(25-30-20)11-3-4-11/h5-7,10-11H,3-4,8-9H2,1-2H3. The third-order valence-corrected chi connectivity index (χ3v) is 5.57. The van der Waals surface area contributed by atoms with E-state index in [9.17, 15) is 0 Å². The number of ether oxygens (including phenoxy) is 2. The quantitative estimate of drug-likeness (QED) is 0.439. The molecule has 10 nitrogen and oxygen atoms in total. The van der Waals surface area contributed by atoms with Crippen LogP contribution in [0, 0.1) is 0 Å². The van der Waals surface area contributed by atoms with Crippen LogP contribution in [0.3, 0.4) is 0 Å². The number of hydrogen-bond donors (Lipinski definition) is 0. The summed E-state index contributed by atoms with van der Waals surface area (Å²) in [5.74, 6) is 3.82. The second-order valence-corrected chi connectivity index (χ2v) is 7.48. The van der Waals surface area contributed by atoms with E-state index < -0.39 is 0 Å². The van der Waals surface area contributed by atoms with Gasteiger partial charge >= 0.3 is 0 Å². The molecule has 0 saturated heterocycles. The van der Waals surface area contributed by atoms with Gasteiger partial charge in [0.1, 0.15) is 18.7 Å². The average Bonchev–Trinajstić information content (AvgIpc) is 3.21. The van der Waals surface area contributed by atoms with Gasteiger partial charge in [0.15, 0.2) is 23.2 Å². The molecule has 1 aromatic carbocycles. The van der Waals surface area contributed by atoms with Crippen molar-refractivity contribution in [1.82, 2.24) is 34.5 Å². The lowest BCUT2D eigenvalue weighted by Crippen LogP contribution is -2.09. The minimum absolute atomic E-state index is 0.349. The van der Waals surface area contributed by atoms with Gasteiger partial charge in [0.05, 0.1) is 25.0 Å². The lowest BCUT2D eigenvalue weighted by molar-refractivity contribution is 0.174. The van der Waals surface area contributed by atoms with E-state index in [-0.39, 0.29) is 0 Å². The van der Waals surface area contributed by atoms with Gasteiger partial charge in [-0.2, -0.15) is 4.98 Å². The van der Waals surface area contributed by atoms with Crippen LogP contribution >= 0.6 is 0 Å². The molecule has 6 rings (SSSR count). The molecule has 0 amide bonds. The maximum atomic E-state index is 5.57. The van der Waals surface area contributed by atoms with Crippen LogP contribution < -0.4 is 4.74 Å². The van der Waals surface area contributed by atoms with Crippen LogP contribution in [0.4, 0.5) is 0 Å². The Bertz CT molecular complexity index is 1250. The zero-order chi connectivity index (χ0) is 20.2. The van der Waals surface area contributed by atoms with Gasteiger partial charge in [-0.05, 0) is 31.0 Å². The van der Waals surface area contributed by atoms with Crippen molar-refractivity contribution < 1.29 is 14.0 Å². The monoisotopic (exact) mass is 405 g/mol. The van der Waals surface area contributed by atoms with Crippen LogP contribution in [0.2, 0.25) is 0 Å². The normalized spacial score (nSPS) is 14.7. The van der Waals surface area contributed by atoms with E-state index in [1.54, 1.807) is 20.5 Å². The van der Waals surface area contributed by atoms with E-state index in [1.165, 1.54) is 0 Å². The zero-order valence-corrected chi connectivity index (χ0v) is 16.6. The Morgan fingerprint density at radius 2 is 2.10 bits per heavy atom. The molecule has 10 heteroatoms. The fourth-order valence-corrected chi connectivity index (χ4v) is 3.87. The molecular weight excluding hydrogens is 386 g/mol. The van der Waals surface area contributed by atoms with Crippen molar-refractivity contribution in [2.45, 2.75) is 31.9 Å². The minimum Gasteiger partial charge on any atom is -0.497 e. The molecule has 1 aliphatic carbocycles. The Morgan fingerprint density at radius 3 is 2.90 bits per heavy atom. The molecule has 2 aliphatic rings. The zero-order valence-electron chi connectivity index (χ0n) is 16.6. The molecule has 4 heterocycles.